The lowest BCUT2D eigenvalue weighted by Gasteiger charge is -2.28. The standard InChI is InChI=1S/C17H17FN2O4/c18-12-8-6-11(7-9-12)14(21)10-19-15(22)16(23)20(17(19)24)13-4-2-1-3-5-13/h6-9,13H,1-5,10H2. The summed E-state index contributed by atoms with van der Waals surface area (Å²) >= 11 is 0. The topological polar surface area (TPSA) is 74.8 Å². The van der Waals surface area contributed by atoms with Crippen LogP contribution in [0.4, 0.5) is 9.18 Å². The van der Waals surface area contributed by atoms with Crippen LogP contribution in [-0.2, 0) is 9.59 Å². The number of nitrogens with zero attached hydrogens (tertiary/aromatic N) is 2. The molecule has 0 atom stereocenters. The van der Waals surface area contributed by atoms with Crippen molar-refractivity contribution in [1.82, 2.24) is 9.80 Å². The molecule has 1 aliphatic heterocycles. The van der Waals surface area contributed by atoms with Crippen LogP contribution in [0.25, 0.3) is 0 Å². The Kier molecular flexibility index (Phi) is 4.42. The van der Waals surface area contributed by atoms with E-state index in [4.69, 9.17) is 0 Å². The van der Waals surface area contributed by atoms with Crippen LogP contribution in [0.1, 0.15) is 42.5 Å². The Morgan fingerprint density at radius 2 is 1.62 bits per heavy atom. The number of hydrogen-bond donors (Lipinski definition) is 0. The average molecular weight is 332 g/mol. The molecule has 0 bridgehead atoms. The van der Waals surface area contributed by atoms with Crippen molar-refractivity contribution in [3.63, 3.8) is 0 Å². The molecular formula is C17H17FN2O4. The predicted octanol–water partition coefficient (Wildman–Crippen LogP) is 2.13. The van der Waals surface area contributed by atoms with Crippen LogP contribution in [0.5, 0.6) is 0 Å². The Bertz CT molecular complexity index is 695. The number of carbonyl (C=O) groups is 4. The van der Waals surface area contributed by atoms with E-state index in [-0.39, 0.29) is 11.6 Å². The number of rotatable bonds is 4. The van der Waals surface area contributed by atoms with Crippen LogP contribution in [0.2, 0.25) is 0 Å². The Hall–Kier alpha value is -2.57. The van der Waals surface area contributed by atoms with Gasteiger partial charge in [0.2, 0.25) is 0 Å². The van der Waals surface area contributed by atoms with Crippen LogP contribution in [0, 0.1) is 5.82 Å². The minimum Gasteiger partial charge on any atom is -0.292 e. The largest absolute Gasteiger partial charge is 0.334 e. The van der Waals surface area contributed by atoms with Gasteiger partial charge in [0, 0.05) is 11.6 Å². The van der Waals surface area contributed by atoms with E-state index in [0.29, 0.717) is 17.7 Å². The van der Waals surface area contributed by atoms with Gasteiger partial charge in [-0.2, -0.15) is 0 Å². The number of amides is 4. The highest BCUT2D eigenvalue weighted by atomic mass is 19.1. The number of urea groups is 1. The van der Waals surface area contributed by atoms with Crippen LogP contribution >= 0.6 is 0 Å². The number of hydrogen-bond acceptors (Lipinski definition) is 4. The van der Waals surface area contributed by atoms with Crippen molar-refractivity contribution in [1.29, 1.82) is 0 Å². The van der Waals surface area contributed by atoms with Crippen molar-refractivity contribution in [2.45, 2.75) is 38.1 Å². The summed E-state index contributed by atoms with van der Waals surface area (Å²) in [6.45, 7) is -0.516. The molecule has 0 aromatic heterocycles. The Morgan fingerprint density at radius 3 is 2.25 bits per heavy atom. The van der Waals surface area contributed by atoms with E-state index >= 15 is 0 Å². The van der Waals surface area contributed by atoms with Crippen molar-refractivity contribution >= 4 is 23.6 Å². The SMILES string of the molecule is O=C(CN1C(=O)C(=O)N(C2CCCCC2)C1=O)c1ccc(F)cc1. The zero-order chi connectivity index (χ0) is 17.3. The molecule has 0 unspecified atom stereocenters. The zero-order valence-corrected chi connectivity index (χ0v) is 13.0. The molecule has 7 heteroatoms. The van der Waals surface area contributed by atoms with Gasteiger partial charge >= 0.3 is 17.8 Å². The molecule has 6 nitrogen and oxygen atoms in total. The number of ketones is 1. The first kappa shape index (κ1) is 16.3. The monoisotopic (exact) mass is 332 g/mol. The lowest BCUT2D eigenvalue weighted by atomic mass is 9.94. The fourth-order valence-electron chi connectivity index (χ4n) is 3.19. The molecule has 1 heterocycles. The third-order valence-electron chi connectivity index (χ3n) is 4.49. The highest BCUT2D eigenvalue weighted by Crippen LogP contribution is 2.27. The lowest BCUT2D eigenvalue weighted by molar-refractivity contribution is -0.144. The lowest BCUT2D eigenvalue weighted by Crippen LogP contribution is -2.43. The van der Waals surface area contributed by atoms with Gasteiger partial charge in [-0.25, -0.2) is 14.1 Å². The minimum atomic E-state index is -0.971. The van der Waals surface area contributed by atoms with E-state index in [1.165, 1.54) is 12.1 Å². The molecule has 0 radical (unpaired) electrons. The number of imide groups is 2. The van der Waals surface area contributed by atoms with E-state index in [1.807, 2.05) is 0 Å². The smallest absolute Gasteiger partial charge is 0.292 e. The summed E-state index contributed by atoms with van der Waals surface area (Å²) in [5.74, 6) is -2.84. The van der Waals surface area contributed by atoms with Gasteiger partial charge in [-0.05, 0) is 37.1 Å². The maximum atomic E-state index is 12.9. The van der Waals surface area contributed by atoms with Crippen LogP contribution in [0.3, 0.4) is 0 Å². The Morgan fingerprint density at radius 1 is 1.00 bits per heavy atom. The van der Waals surface area contributed by atoms with Crippen LogP contribution in [-0.4, -0.2) is 46.0 Å². The van der Waals surface area contributed by atoms with Gasteiger partial charge in [-0.3, -0.25) is 19.3 Å². The van der Waals surface area contributed by atoms with Crippen molar-refractivity contribution in [3.05, 3.63) is 35.6 Å². The van der Waals surface area contributed by atoms with Crippen LogP contribution in [0.15, 0.2) is 24.3 Å². The Labute approximate surface area is 138 Å². The molecule has 3 rings (SSSR count). The number of halogens is 1. The normalized spacial score (nSPS) is 19.3. The van der Waals surface area contributed by atoms with Gasteiger partial charge in [-0.15, -0.1) is 0 Å². The number of carbonyl (C=O) groups excluding carboxylic acids is 4. The molecule has 1 saturated carbocycles. The first-order valence-corrected chi connectivity index (χ1v) is 7.97. The second-order valence-corrected chi connectivity index (χ2v) is 6.07. The molecule has 2 aliphatic rings. The molecule has 0 spiro atoms. The first-order chi connectivity index (χ1) is 11.5. The fraction of sp³-hybridized carbons (Fsp3) is 0.412. The van der Waals surface area contributed by atoms with Crippen molar-refractivity contribution < 1.29 is 23.6 Å². The van der Waals surface area contributed by atoms with Gasteiger partial charge in [-0.1, -0.05) is 19.3 Å². The summed E-state index contributed by atoms with van der Waals surface area (Å²) in [4.78, 5) is 50.6. The van der Waals surface area contributed by atoms with Crippen molar-refractivity contribution in [2.75, 3.05) is 6.54 Å². The number of Topliss-reactive ketones (excluding diaryl/α,β-unsaturated/α-hetero) is 1. The van der Waals surface area contributed by atoms with Crippen molar-refractivity contribution in [3.8, 4) is 0 Å². The minimum absolute atomic E-state index is 0.181. The van der Waals surface area contributed by atoms with E-state index in [9.17, 15) is 23.6 Å². The maximum Gasteiger partial charge on any atom is 0.334 e. The Balaban J connectivity index is 1.74. The molecule has 1 saturated heterocycles. The van der Waals surface area contributed by atoms with Gasteiger partial charge in [0.05, 0.1) is 6.54 Å². The van der Waals surface area contributed by atoms with E-state index in [2.05, 4.69) is 0 Å². The van der Waals surface area contributed by atoms with E-state index in [0.717, 1.165) is 36.3 Å². The quantitative estimate of drug-likeness (QED) is 0.481. The highest BCUT2D eigenvalue weighted by molar-refractivity contribution is 6.45. The summed E-state index contributed by atoms with van der Waals surface area (Å²) < 4.78 is 12.9. The molecule has 1 aromatic rings. The molecule has 24 heavy (non-hydrogen) atoms. The third kappa shape index (κ3) is 2.93. The van der Waals surface area contributed by atoms with Gasteiger partial charge in [0.1, 0.15) is 5.82 Å². The second kappa shape index (κ2) is 6.51. The molecule has 1 aromatic carbocycles. The molecule has 4 amide bonds. The third-order valence-corrected chi connectivity index (χ3v) is 4.49. The fourth-order valence-corrected chi connectivity index (χ4v) is 3.19. The summed E-state index contributed by atoms with van der Waals surface area (Å²) in [6, 6.07) is 3.81. The second-order valence-electron chi connectivity index (χ2n) is 6.07. The molecule has 0 N–H and O–H groups in total. The highest BCUT2D eigenvalue weighted by Gasteiger charge is 2.48. The molecule has 2 fully saturated rings. The summed E-state index contributed by atoms with van der Waals surface area (Å²) in [7, 11) is 0. The number of benzene rings is 1. The maximum absolute atomic E-state index is 12.9. The average Bonchev–Trinajstić information content (AvgIpc) is 2.80. The molecule has 126 valence electrons. The van der Waals surface area contributed by atoms with Gasteiger partial charge in [0.15, 0.2) is 5.78 Å². The first-order valence-electron chi connectivity index (χ1n) is 7.97. The van der Waals surface area contributed by atoms with Gasteiger partial charge in [0.25, 0.3) is 0 Å². The molecular weight excluding hydrogens is 315 g/mol. The summed E-state index contributed by atoms with van der Waals surface area (Å²) in [6.07, 6.45) is 4.23. The summed E-state index contributed by atoms with van der Waals surface area (Å²) in [5, 5.41) is 0. The van der Waals surface area contributed by atoms with Gasteiger partial charge < -0.3 is 0 Å². The zero-order valence-electron chi connectivity index (χ0n) is 13.0. The predicted molar refractivity (Wildman–Crippen MR) is 81.6 cm³/mol. The van der Waals surface area contributed by atoms with E-state index < -0.39 is 36.0 Å². The summed E-state index contributed by atoms with van der Waals surface area (Å²) in [5.41, 5.74) is 0.181. The van der Waals surface area contributed by atoms with Crippen LogP contribution < -0.4 is 0 Å². The van der Waals surface area contributed by atoms with E-state index in [1.54, 1.807) is 0 Å². The molecule has 1 aliphatic carbocycles. The van der Waals surface area contributed by atoms with Crippen molar-refractivity contribution in [2.24, 2.45) is 0 Å².